The van der Waals surface area contributed by atoms with E-state index < -0.39 is 11.7 Å². The molecule has 0 spiro atoms. The maximum absolute atomic E-state index is 12.7. The summed E-state index contributed by atoms with van der Waals surface area (Å²) in [4.78, 5) is 18.0. The molecule has 0 aromatic carbocycles. The van der Waals surface area contributed by atoms with Gasteiger partial charge in [-0.15, -0.1) is 0 Å². The van der Waals surface area contributed by atoms with Crippen LogP contribution < -0.4 is 10.2 Å². The average Bonchev–Trinajstić information content (AvgIpc) is 3.07. The van der Waals surface area contributed by atoms with Crippen LogP contribution in [0.3, 0.4) is 0 Å². The van der Waals surface area contributed by atoms with Crippen LogP contribution in [0.25, 0.3) is 0 Å². The van der Waals surface area contributed by atoms with Gasteiger partial charge in [0.25, 0.3) is 0 Å². The number of amides is 1. The number of halogens is 4. The smallest absolute Gasteiger partial charge is 0.355 e. The number of hydrogen-bond acceptors (Lipinski definition) is 3. The number of hydrogen-bond donors (Lipinski definition) is 1. The predicted molar refractivity (Wildman–Crippen MR) is 94.2 cm³/mol. The lowest BCUT2D eigenvalue weighted by Crippen LogP contribution is -2.38. The van der Waals surface area contributed by atoms with Crippen molar-refractivity contribution < 1.29 is 18.0 Å². The van der Waals surface area contributed by atoms with Gasteiger partial charge in [-0.05, 0) is 37.7 Å². The van der Waals surface area contributed by atoms with Crippen LogP contribution in [0.15, 0.2) is 12.3 Å². The first-order chi connectivity index (χ1) is 12.3. The first-order valence-electron chi connectivity index (χ1n) is 9.10. The Morgan fingerprint density at radius 1 is 1.23 bits per heavy atom. The molecular formula is C18H23ClF3N3O. The fourth-order valence-electron chi connectivity index (χ4n) is 3.79. The Labute approximate surface area is 156 Å². The molecule has 2 heterocycles. The summed E-state index contributed by atoms with van der Waals surface area (Å²) < 4.78 is 38.1. The van der Waals surface area contributed by atoms with Gasteiger partial charge >= 0.3 is 6.18 Å². The Morgan fingerprint density at radius 3 is 2.46 bits per heavy atom. The van der Waals surface area contributed by atoms with Crippen molar-refractivity contribution in [1.82, 2.24) is 10.3 Å². The largest absolute Gasteiger partial charge is 0.417 e. The Balaban J connectivity index is 1.51. The van der Waals surface area contributed by atoms with Crippen molar-refractivity contribution >= 4 is 23.3 Å². The van der Waals surface area contributed by atoms with E-state index in [0.717, 1.165) is 37.9 Å². The minimum absolute atomic E-state index is 0.0113. The second kappa shape index (κ2) is 8.03. The Kier molecular flexibility index (Phi) is 5.95. The molecule has 3 rings (SSSR count). The molecule has 1 aliphatic carbocycles. The van der Waals surface area contributed by atoms with Crippen molar-refractivity contribution in [2.75, 3.05) is 18.0 Å². The molecule has 2 aliphatic rings. The molecule has 8 heteroatoms. The number of rotatable bonds is 4. The number of nitrogens with zero attached hydrogens (tertiary/aromatic N) is 2. The topological polar surface area (TPSA) is 45.2 Å². The first-order valence-corrected chi connectivity index (χ1v) is 9.48. The van der Waals surface area contributed by atoms with Crippen molar-refractivity contribution in [3.63, 3.8) is 0 Å². The summed E-state index contributed by atoms with van der Waals surface area (Å²) in [6.45, 7) is 1.28. The molecule has 0 atom stereocenters. The molecule has 0 radical (unpaired) electrons. The number of carbonyl (C=O) groups excluding carboxylic acids is 1. The third-order valence-electron chi connectivity index (χ3n) is 5.26. The number of aromatic nitrogens is 1. The zero-order valence-corrected chi connectivity index (χ0v) is 15.2. The zero-order valence-electron chi connectivity index (χ0n) is 14.5. The monoisotopic (exact) mass is 389 g/mol. The van der Waals surface area contributed by atoms with Crippen LogP contribution in [0.1, 0.15) is 50.5 Å². The van der Waals surface area contributed by atoms with Gasteiger partial charge in [0.1, 0.15) is 5.82 Å². The molecule has 1 amide bonds. The third-order valence-corrected chi connectivity index (χ3v) is 5.54. The summed E-state index contributed by atoms with van der Waals surface area (Å²) in [6, 6.07) is 1.25. The SMILES string of the molecule is O=C(CC1CCN(c2ncc(C(F)(F)F)cc2Cl)CC1)NC1CCCC1. The molecular weight excluding hydrogens is 367 g/mol. The molecule has 1 saturated carbocycles. The highest BCUT2D eigenvalue weighted by Crippen LogP contribution is 2.35. The molecule has 1 aliphatic heterocycles. The number of anilines is 1. The van der Waals surface area contributed by atoms with Gasteiger partial charge in [-0.25, -0.2) is 4.98 Å². The van der Waals surface area contributed by atoms with Crippen molar-refractivity contribution in [2.45, 2.75) is 57.2 Å². The van der Waals surface area contributed by atoms with Crippen molar-refractivity contribution in [3.05, 3.63) is 22.8 Å². The van der Waals surface area contributed by atoms with E-state index in [9.17, 15) is 18.0 Å². The lowest BCUT2D eigenvalue weighted by molar-refractivity contribution is -0.137. The summed E-state index contributed by atoms with van der Waals surface area (Å²) >= 11 is 6.02. The molecule has 0 unspecified atom stereocenters. The van der Waals surface area contributed by atoms with Crippen LogP contribution >= 0.6 is 11.6 Å². The van der Waals surface area contributed by atoms with E-state index in [4.69, 9.17) is 11.6 Å². The standard InChI is InChI=1S/C18H23ClF3N3O/c19-15-10-13(18(20,21)22)11-23-17(15)25-7-5-12(6-8-25)9-16(26)24-14-3-1-2-4-14/h10-12,14H,1-9H2,(H,24,26). The molecule has 1 saturated heterocycles. The van der Waals surface area contributed by atoms with Crippen LogP contribution in [0.5, 0.6) is 0 Å². The first kappa shape index (κ1) is 19.3. The Bertz CT molecular complexity index is 639. The lowest BCUT2D eigenvalue weighted by Gasteiger charge is -2.33. The van der Waals surface area contributed by atoms with Crippen LogP contribution in [0.4, 0.5) is 19.0 Å². The Hall–Kier alpha value is -1.50. The van der Waals surface area contributed by atoms with E-state index in [1.165, 1.54) is 12.8 Å². The summed E-state index contributed by atoms with van der Waals surface area (Å²) in [7, 11) is 0. The van der Waals surface area contributed by atoms with E-state index in [2.05, 4.69) is 10.3 Å². The van der Waals surface area contributed by atoms with E-state index in [1.54, 1.807) is 0 Å². The van der Waals surface area contributed by atoms with Crippen LogP contribution in [0.2, 0.25) is 5.02 Å². The second-order valence-electron chi connectivity index (χ2n) is 7.21. The molecule has 144 valence electrons. The molecule has 26 heavy (non-hydrogen) atoms. The van der Waals surface area contributed by atoms with E-state index in [-0.39, 0.29) is 10.9 Å². The van der Waals surface area contributed by atoms with Gasteiger partial charge < -0.3 is 10.2 Å². The highest BCUT2D eigenvalue weighted by Gasteiger charge is 2.32. The van der Waals surface area contributed by atoms with Gasteiger partial charge in [0.05, 0.1) is 10.6 Å². The molecule has 1 aromatic heterocycles. The number of nitrogens with one attached hydrogen (secondary N) is 1. The van der Waals surface area contributed by atoms with Crippen molar-refractivity contribution in [3.8, 4) is 0 Å². The molecule has 2 fully saturated rings. The van der Waals surface area contributed by atoms with Gasteiger partial charge in [-0.2, -0.15) is 13.2 Å². The van der Waals surface area contributed by atoms with Gasteiger partial charge in [-0.1, -0.05) is 24.4 Å². The molecule has 4 nitrogen and oxygen atoms in total. The minimum Gasteiger partial charge on any atom is -0.355 e. The third kappa shape index (κ3) is 4.81. The summed E-state index contributed by atoms with van der Waals surface area (Å²) in [5, 5.41) is 3.12. The number of pyridine rings is 1. The van der Waals surface area contributed by atoms with Crippen LogP contribution in [-0.2, 0) is 11.0 Å². The molecule has 1 N–H and O–H groups in total. The van der Waals surface area contributed by atoms with E-state index >= 15 is 0 Å². The number of piperidine rings is 1. The minimum atomic E-state index is -4.45. The molecule has 0 bridgehead atoms. The van der Waals surface area contributed by atoms with Gasteiger partial charge in [0.2, 0.25) is 5.91 Å². The maximum Gasteiger partial charge on any atom is 0.417 e. The maximum atomic E-state index is 12.7. The fraction of sp³-hybridized carbons (Fsp3) is 0.667. The van der Waals surface area contributed by atoms with Crippen LogP contribution in [0, 0.1) is 5.92 Å². The lowest BCUT2D eigenvalue weighted by atomic mass is 9.93. The molecule has 1 aromatic rings. The quantitative estimate of drug-likeness (QED) is 0.829. The van der Waals surface area contributed by atoms with Crippen LogP contribution in [-0.4, -0.2) is 30.0 Å². The second-order valence-corrected chi connectivity index (χ2v) is 7.62. The predicted octanol–water partition coefficient (Wildman–Crippen LogP) is 4.42. The van der Waals surface area contributed by atoms with Gasteiger partial charge in [0, 0.05) is 31.7 Å². The van der Waals surface area contributed by atoms with E-state index in [1.807, 2.05) is 4.90 Å². The normalized spacial score (nSPS) is 19.8. The fourth-order valence-corrected chi connectivity index (χ4v) is 4.07. The zero-order chi connectivity index (χ0) is 18.7. The van der Waals surface area contributed by atoms with E-state index in [0.29, 0.717) is 37.3 Å². The Morgan fingerprint density at radius 2 is 1.88 bits per heavy atom. The number of alkyl halides is 3. The van der Waals surface area contributed by atoms with Crippen molar-refractivity contribution in [2.24, 2.45) is 5.92 Å². The average molecular weight is 390 g/mol. The highest BCUT2D eigenvalue weighted by molar-refractivity contribution is 6.33. The summed E-state index contributed by atoms with van der Waals surface area (Å²) in [6.07, 6.45) is 3.00. The summed E-state index contributed by atoms with van der Waals surface area (Å²) in [5.41, 5.74) is -0.843. The van der Waals surface area contributed by atoms with Crippen molar-refractivity contribution in [1.29, 1.82) is 0 Å². The van der Waals surface area contributed by atoms with Gasteiger partial charge in [-0.3, -0.25) is 4.79 Å². The number of carbonyl (C=O) groups is 1. The van der Waals surface area contributed by atoms with Gasteiger partial charge in [0.15, 0.2) is 0 Å². The highest BCUT2D eigenvalue weighted by atomic mass is 35.5. The summed E-state index contributed by atoms with van der Waals surface area (Å²) in [5.74, 6) is 0.787.